The number of aliphatic carboxylic acids is 1. The zero-order valence-electron chi connectivity index (χ0n) is 9.44. The average Bonchev–Trinajstić information content (AvgIpc) is 2.94. The lowest BCUT2D eigenvalue weighted by atomic mass is 10.2. The molecule has 2 atom stereocenters. The predicted octanol–water partition coefficient (Wildman–Crippen LogP) is -0.127. The summed E-state index contributed by atoms with van der Waals surface area (Å²) in [7, 11) is 0. The second-order valence-electron chi connectivity index (χ2n) is 3.98. The molecule has 0 spiro atoms. The number of aromatic nitrogens is 1. The molecule has 1 aromatic rings. The first kappa shape index (κ1) is 12.8. The Morgan fingerprint density at radius 2 is 2.39 bits per heavy atom. The van der Waals surface area contributed by atoms with Crippen molar-refractivity contribution >= 4 is 23.3 Å². The maximum Gasteiger partial charge on any atom is 0.326 e. The molecule has 3 N–H and O–H groups in total. The molecule has 2 heterocycles. The van der Waals surface area contributed by atoms with E-state index in [0.29, 0.717) is 0 Å². The summed E-state index contributed by atoms with van der Waals surface area (Å²) in [4.78, 5) is 27.9. The Labute approximate surface area is 107 Å². The molecule has 1 saturated heterocycles. The third-order valence-electron chi connectivity index (χ3n) is 2.70. The number of carbonyl (C=O) groups excluding carboxylic acids is 1. The Balaban J connectivity index is 1.93. The zero-order valence-corrected chi connectivity index (χ0v) is 10.3. The molecule has 0 saturated carbocycles. The number of amides is 2. The van der Waals surface area contributed by atoms with Crippen molar-refractivity contribution in [3.8, 4) is 0 Å². The Kier molecular flexibility index (Phi) is 3.78. The van der Waals surface area contributed by atoms with Crippen LogP contribution in [0.4, 0.5) is 4.79 Å². The van der Waals surface area contributed by atoms with Crippen LogP contribution < -0.4 is 5.32 Å². The fraction of sp³-hybridized carbons (Fsp3) is 0.500. The van der Waals surface area contributed by atoms with Crippen molar-refractivity contribution in [3.05, 3.63) is 16.6 Å². The summed E-state index contributed by atoms with van der Waals surface area (Å²) in [5.41, 5.74) is 0. The second kappa shape index (κ2) is 5.32. The van der Waals surface area contributed by atoms with Crippen molar-refractivity contribution in [2.24, 2.45) is 0 Å². The number of aliphatic hydroxyl groups excluding tert-OH is 1. The standard InChI is InChI=1S/C10H13N3O4S/c14-6-3-7(9(15)16)13(5-6)10(17)12-4-8-11-1-2-18-8/h1-2,6-7,14H,3-5H2,(H,12,17)(H,15,16). The SMILES string of the molecule is O=C(O)C1CC(O)CN1C(=O)NCc1nccs1. The summed E-state index contributed by atoms with van der Waals surface area (Å²) >= 11 is 1.41. The maximum atomic E-state index is 11.8. The number of thiazole rings is 1. The molecular formula is C10H13N3O4S. The molecule has 98 valence electrons. The van der Waals surface area contributed by atoms with Gasteiger partial charge >= 0.3 is 12.0 Å². The predicted molar refractivity (Wildman–Crippen MR) is 63.1 cm³/mol. The number of aliphatic hydroxyl groups is 1. The van der Waals surface area contributed by atoms with E-state index in [1.807, 2.05) is 0 Å². The van der Waals surface area contributed by atoms with Crippen LogP contribution in [0, 0.1) is 0 Å². The van der Waals surface area contributed by atoms with Gasteiger partial charge in [0, 0.05) is 24.5 Å². The van der Waals surface area contributed by atoms with E-state index in [0.717, 1.165) is 9.91 Å². The summed E-state index contributed by atoms with van der Waals surface area (Å²) in [5.74, 6) is -1.10. The van der Waals surface area contributed by atoms with Crippen LogP contribution in [0.15, 0.2) is 11.6 Å². The highest BCUT2D eigenvalue weighted by Gasteiger charge is 2.38. The Morgan fingerprint density at radius 1 is 1.61 bits per heavy atom. The lowest BCUT2D eigenvalue weighted by Crippen LogP contribution is -2.45. The van der Waals surface area contributed by atoms with Crippen LogP contribution >= 0.6 is 11.3 Å². The van der Waals surface area contributed by atoms with E-state index in [4.69, 9.17) is 5.11 Å². The molecule has 1 aliphatic heterocycles. The lowest BCUT2D eigenvalue weighted by Gasteiger charge is -2.21. The number of urea groups is 1. The van der Waals surface area contributed by atoms with Crippen LogP contribution in [0.25, 0.3) is 0 Å². The third-order valence-corrected chi connectivity index (χ3v) is 3.48. The van der Waals surface area contributed by atoms with E-state index < -0.39 is 24.1 Å². The van der Waals surface area contributed by atoms with Gasteiger partial charge in [0.15, 0.2) is 0 Å². The van der Waals surface area contributed by atoms with Gasteiger partial charge in [-0.05, 0) is 0 Å². The molecule has 0 aromatic carbocycles. The number of carbonyl (C=O) groups is 2. The van der Waals surface area contributed by atoms with Crippen LogP contribution in [0.1, 0.15) is 11.4 Å². The largest absolute Gasteiger partial charge is 0.480 e. The van der Waals surface area contributed by atoms with Crippen LogP contribution in [-0.4, -0.2) is 50.8 Å². The normalized spacial score (nSPS) is 23.1. The molecule has 1 aliphatic rings. The summed E-state index contributed by atoms with van der Waals surface area (Å²) in [6, 6.07) is -1.45. The van der Waals surface area contributed by atoms with Crippen molar-refractivity contribution in [3.63, 3.8) is 0 Å². The highest BCUT2D eigenvalue weighted by molar-refractivity contribution is 7.09. The van der Waals surface area contributed by atoms with E-state index >= 15 is 0 Å². The average molecular weight is 271 g/mol. The van der Waals surface area contributed by atoms with Gasteiger partial charge in [0.05, 0.1) is 12.6 Å². The van der Waals surface area contributed by atoms with E-state index in [1.165, 1.54) is 11.3 Å². The lowest BCUT2D eigenvalue weighted by molar-refractivity contribution is -0.141. The van der Waals surface area contributed by atoms with Gasteiger partial charge in [-0.15, -0.1) is 11.3 Å². The van der Waals surface area contributed by atoms with E-state index in [9.17, 15) is 14.7 Å². The highest BCUT2D eigenvalue weighted by Crippen LogP contribution is 2.18. The fourth-order valence-electron chi connectivity index (χ4n) is 1.87. The monoisotopic (exact) mass is 271 g/mol. The topological polar surface area (TPSA) is 103 Å². The first-order chi connectivity index (χ1) is 8.58. The summed E-state index contributed by atoms with van der Waals surface area (Å²) in [5, 5.41) is 23.5. The van der Waals surface area contributed by atoms with Gasteiger partial charge in [0.25, 0.3) is 0 Å². The number of hydrogen-bond donors (Lipinski definition) is 3. The highest BCUT2D eigenvalue weighted by atomic mass is 32.1. The van der Waals surface area contributed by atoms with Gasteiger partial charge < -0.3 is 20.4 Å². The number of carboxylic acids is 1. The van der Waals surface area contributed by atoms with Crippen LogP contribution in [0.3, 0.4) is 0 Å². The molecule has 1 fully saturated rings. The summed E-state index contributed by atoms with van der Waals surface area (Å²) in [6.45, 7) is 0.302. The second-order valence-corrected chi connectivity index (χ2v) is 4.96. The number of likely N-dealkylation sites (tertiary alicyclic amines) is 1. The van der Waals surface area contributed by atoms with Crippen molar-refractivity contribution in [1.82, 2.24) is 15.2 Å². The minimum Gasteiger partial charge on any atom is -0.480 e. The fourth-order valence-corrected chi connectivity index (χ4v) is 2.42. The van der Waals surface area contributed by atoms with Crippen molar-refractivity contribution < 1.29 is 19.8 Å². The smallest absolute Gasteiger partial charge is 0.326 e. The number of nitrogens with zero attached hydrogens (tertiary/aromatic N) is 2. The summed E-state index contributed by atoms with van der Waals surface area (Å²) in [6.07, 6.45) is 0.919. The molecule has 1 aromatic heterocycles. The van der Waals surface area contributed by atoms with Gasteiger partial charge in [0.1, 0.15) is 11.0 Å². The molecule has 0 aliphatic carbocycles. The first-order valence-corrected chi connectivity index (χ1v) is 6.29. The number of hydrogen-bond acceptors (Lipinski definition) is 5. The van der Waals surface area contributed by atoms with Gasteiger partial charge in [-0.25, -0.2) is 14.6 Å². The Hall–Kier alpha value is -1.67. The van der Waals surface area contributed by atoms with E-state index in [1.54, 1.807) is 11.6 Å². The van der Waals surface area contributed by atoms with Gasteiger partial charge in [0.2, 0.25) is 0 Å². The quantitative estimate of drug-likeness (QED) is 0.710. The van der Waals surface area contributed by atoms with Crippen LogP contribution in [0.2, 0.25) is 0 Å². The number of nitrogens with one attached hydrogen (secondary N) is 1. The van der Waals surface area contributed by atoms with Crippen molar-refractivity contribution in [2.45, 2.75) is 25.1 Å². The number of rotatable bonds is 3. The van der Waals surface area contributed by atoms with Crippen LogP contribution in [-0.2, 0) is 11.3 Å². The molecule has 7 nitrogen and oxygen atoms in total. The molecular weight excluding hydrogens is 258 g/mol. The van der Waals surface area contributed by atoms with Crippen LogP contribution in [0.5, 0.6) is 0 Å². The zero-order chi connectivity index (χ0) is 13.1. The van der Waals surface area contributed by atoms with Gasteiger partial charge in [-0.3, -0.25) is 0 Å². The minimum atomic E-state index is -1.10. The maximum absolute atomic E-state index is 11.8. The molecule has 2 unspecified atom stereocenters. The van der Waals surface area contributed by atoms with E-state index in [-0.39, 0.29) is 19.5 Å². The molecule has 2 rings (SSSR count). The number of carboxylic acid groups (broad SMARTS) is 1. The Morgan fingerprint density at radius 3 is 3.00 bits per heavy atom. The number of β-amino-alcohol motifs (C(OH)–C–C–N with tert-alkyl or cyclic N) is 1. The molecule has 2 amide bonds. The van der Waals surface area contributed by atoms with Crippen molar-refractivity contribution in [1.29, 1.82) is 0 Å². The molecule has 0 radical (unpaired) electrons. The minimum absolute atomic E-state index is 0.0423. The van der Waals surface area contributed by atoms with Gasteiger partial charge in [-0.2, -0.15) is 0 Å². The first-order valence-electron chi connectivity index (χ1n) is 5.41. The summed E-state index contributed by atoms with van der Waals surface area (Å²) < 4.78 is 0. The van der Waals surface area contributed by atoms with Gasteiger partial charge in [-0.1, -0.05) is 0 Å². The third kappa shape index (κ3) is 2.77. The van der Waals surface area contributed by atoms with E-state index in [2.05, 4.69) is 10.3 Å². The Bertz CT molecular complexity index is 436. The molecule has 8 heteroatoms. The molecule has 18 heavy (non-hydrogen) atoms. The molecule has 0 bridgehead atoms. The van der Waals surface area contributed by atoms with Crippen molar-refractivity contribution in [2.75, 3.05) is 6.54 Å².